The summed E-state index contributed by atoms with van der Waals surface area (Å²) in [6.07, 6.45) is 6.12. The number of unbranched alkanes of at least 4 members (excludes halogenated alkanes) is 2. The van der Waals surface area contributed by atoms with Crippen molar-refractivity contribution >= 4 is 40.4 Å². The van der Waals surface area contributed by atoms with Gasteiger partial charge in [-0.15, -0.1) is 10.2 Å². The fourth-order valence-corrected chi connectivity index (χ4v) is 5.57. The van der Waals surface area contributed by atoms with Crippen molar-refractivity contribution in [3.63, 3.8) is 0 Å². The van der Waals surface area contributed by atoms with Crippen LogP contribution in [0.2, 0.25) is 0 Å². The summed E-state index contributed by atoms with van der Waals surface area (Å²) in [5.74, 6) is 1.00. The Kier molecular flexibility index (Phi) is 8.10. The van der Waals surface area contributed by atoms with E-state index in [1.807, 2.05) is 22.6 Å². The molecule has 3 atom stereocenters. The van der Waals surface area contributed by atoms with E-state index in [1.54, 1.807) is 10.6 Å². The lowest BCUT2D eigenvalue weighted by molar-refractivity contribution is -0.117. The summed E-state index contributed by atoms with van der Waals surface area (Å²) in [6.45, 7) is 7.03. The summed E-state index contributed by atoms with van der Waals surface area (Å²) in [5, 5.41) is 15.1. The summed E-state index contributed by atoms with van der Waals surface area (Å²) < 4.78 is 3.49. The number of hydrogen-bond acceptors (Lipinski definition) is 6. The summed E-state index contributed by atoms with van der Waals surface area (Å²) >= 11 is 1.19. The fourth-order valence-electron chi connectivity index (χ4n) is 4.83. The summed E-state index contributed by atoms with van der Waals surface area (Å²) in [4.78, 5) is 38.0. The van der Waals surface area contributed by atoms with Gasteiger partial charge >= 0.3 is 6.03 Å². The van der Waals surface area contributed by atoms with Crippen molar-refractivity contribution in [2.45, 2.75) is 77.0 Å². The molecule has 1 aliphatic rings. The van der Waals surface area contributed by atoms with Gasteiger partial charge in [0.25, 0.3) is 5.56 Å². The number of fused-ring (bicyclic) bond motifs is 3. The van der Waals surface area contributed by atoms with Gasteiger partial charge in [-0.25, -0.2) is 4.79 Å². The molecular formula is C25H34N6O3S. The van der Waals surface area contributed by atoms with E-state index in [2.05, 4.69) is 41.6 Å². The molecule has 1 aromatic carbocycles. The molecule has 0 aliphatic heterocycles. The highest BCUT2D eigenvalue weighted by atomic mass is 32.2. The summed E-state index contributed by atoms with van der Waals surface area (Å²) in [5.41, 5.74) is 0.610. The predicted molar refractivity (Wildman–Crippen MR) is 138 cm³/mol. The molecule has 4 rings (SSSR count). The number of carbonyl (C=O) groups excluding carboxylic acids is 2. The topological polar surface area (TPSA) is 110 Å². The van der Waals surface area contributed by atoms with Crippen LogP contribution in [0, 0.1) is 11.8 Å². The minimum absolute atomic E-state index is 0.00806. The van der Waals surface area contributed by atoms with Gasteiger partial charge in [0.05, 0.1) is 16.7 Å². The first kappa shape index (κ1) is 25.2. The van der Waals surface area contributed by atoms with Crippen LogP contribution >= 0.6 is 11.8 Å². The molecule has 0 saturated heterocycles. The highest BCUT2D eigenvalue weighted by Gasteiger charge is 2.28. The number of hydrogen-bond donors (Lipinski definition) is 2. The van der Waals surface area contributed by atoms with Crippen molar-refractivity contribution in [2.75, 3.05) is 5.75 Å². The molecule has 1 fully saturated rings. The van der Waals surface area contributed by atoms with Gasteiger partial charge in [-0.1, -0.05) is 70.3 Å². The molecule has 1 aliphatic carbocycles. The third-order valence-corrected chi connectivity index (χ3v) is 8.00. The number of amides is 3. The van der Waals surface area contributed by atoms with Gasteiger partial charge in [0.15, 0.2) is 5.16 Å². The number of aryl methyl sites for hydroxylation is 1. The molecule has 0 bridgehead atoms. The van der Waals surface area contributed by atoms with E-state index >= 15 is 0 Å². The first-order valence-corrected chi connectivity index (χ1v) is 13.5. The Labute approximate surface area is 209 Å². The average molecular weight is 499 g/mol. The van der Waals surface area contributed by atoms with Crippen molar-refractivity contribution in [1.29, 1.82) is 0 Å². The van der Waals surface area contributed by atoms with E-state index in [-0.39, 0.29) is 17.4 Å². The molecule has 0 spiro atoms. The lowest BCUT2D eigenvalue weighted by Gasteiger charge is -2.34. The smallest absolute Gasteiger partial charge is 0.321 e. The van der Waals surface area contributed by atoms with Crippen LogP contribution in [-0.2, 0) is 11.3 Å². The van der Waals surface area contributed by atoms with E-state index in [0.29, 0.717) is 40.2 Å². The average Bonchev–Trinajstić information content (AvgIpc) is 3.27. The van der Waals surface area contributed by atoms with Crippen LogP contribution in [0.1, 0.15) is 59.3 Å². The van der Waals surface area contributed by atoms with Crippen LogP contribution in [0.15, 0.2) is 34.2 Å². The number of thioether (sulfide) groups is 1. The Bertz CT molecular complexity index is 1270. The zero-order valence-corrected chi connectivity index (χ0v) is 21.4. The van der Waals surface area contributed by atoms with Crippen molar-refractivity contribution in [3.05, 3.63) is 34.6 Å². The highest BCUT2D eigenvalue weighted by molar-refractivity contribution is 7.99. The van der Waals surface area contributed by atoms with E-state index < -0.39 is 11.9 Å². The molecule has 188 valence electrons. The van der Waals surface area contributed by atoms with Gasteiger partial charge in [0.1, 0.15) is 0 Å². The number of urea groups is 1. The normalized spacial score (nSPS) is 20.3. The molecule has 0 radical (unpaired) electrons. The van der Waals surface area contributed by atoms with E-state index in [9.17, 15) is 14.4 Å². The van der Waals surface area contributed by atoms with Crippen molar-refractivity contribution in [1.82, 2.24) is 29.8 Å². The Hall–Kier alpha value is -2.88. The van der Waals surface area contributed by atoms with Crippen molar-refractivity contribution < 1.29 is 9.59 Å². The molecule has 2 aromatic heterocycles. The first-order valence-electron chi connectivity index (χ1n) is 12.5. The number of carbonyl (C=O) groups is 2. The maximum atomic E-state index is 13.1. The molecule has 10 heteroatoms. The standard InChI is InChI=1S/C25H34N6O3S/c1-4-5-8-14-30-22(33)18-11-6-7-13-20(18)31-24(30)28-29-25(31)35-15-21(32)27-23(34)26-19-12-9-10-16(2)17(19)3/h6-7,11,13,16-17,19H,4-5,8-10,12,14-15H2,1-3H3,(H2,26,27,32,34). The Balaban J connectivity index is 1.48. The van der Waals surface area contributed by atoms with Gasteiger partial charge in [-0.05, 0) is 36.8 Å². The Morgan fingerprint density at radius 2 is 1.94 bits per heavy atom. The molecule has 35 heavy (non-hydrogen) atoms. The third-order valence-electron chi connectivity index (χ3n) is 7.07. The van der Waals surface area contributed by atoms with E-state index in [0.717, 1.165) is 32.1 Å². The number of aromatic nitrogens is 4. The number of para-hydroxylation sites is 1. The maximum Gasteiger partial charge on any atom is 0.321 e. The Morgan fingerprint density at radius 1 is 1.14 bits per heavy atom. The van der Waals surface area contributed by atoms with Crippen molar-refractivity contribution in [3.8, 4) is 0 Å². The SMILES string of the molecule is CCCCCn1c(=O)c2ccccc2n2c(SCC(=O)NC(=O)NC3CCCC(C)C3C)nnc12. The van der Waals surface area contributed by atoms with Gasteiger partial charge in [0.2, 0.25) is 11.7 Å². The van der Waals surface area contributed by atoms with Crippen LogP contribution in [0.3, 0.4) is 0 Å². The lowest BCUT2D eigenvalue weighted by Crippen LogP contribution is -2.49. The van der Waals surface area contributed by atoms with Crippen LogP contribution < -0.4 is 16.2 Å². The predicted octanol–water partition coefficient (Wildman–Crippen LogP) is 3.98. The number of rotatable bonds is 8. The maximum absolute atomic E-state index is 13.1. The Morgan fingerprint density at radius 3 is 2.74 bits per heavy atom. The second-order valence-corrected chi connectivity index (χ2v) is 10.4. The number of benzene rings is 1. The molecule has 2 N–H and O–H groups in total. The monoisotopic (exact) mass is 498 g/mol. The van der Waals surface area contributed by atoms with Gasteiger partial charge in [-0.2, -0.15) is 0 Å². The first-order chi connectivity index (χ1) is 16.9. The van der Waals surface area contributed by atoms with Gasteiger partial charge < -0.3 is 5.32 Å². The van der Waals surface area contributed by atoms with Crippen LogP contribution in [0.5, 0.6) is 0 Å². The van der Waals surface area contributed by atoms with Crippen molar-refractivity contribution in [2.24, 2.45) is 11.8 Å². The zero-order valence-electron chi connectivity index (χ0n) is 20.6. The second-order valence-electron chi connectivity index (χ2n) is 9.48. The van der Waals surface area contributed by atoms with Gasteiger partial charge in [-0.3, -0.25) is 23.9 Å². The molecule has 3 amide bonds. The lowest BCUT2D eigenvalue weighted by atomic mass is 9.78. The second kappa shape index (κ2) is 11.2. The minimum Gasteiger partial charge on any atom is -0.335 e. The largest absolute Gasteiger partial charge is 0.335 e. The van der Waals surface area contributed by atoms with Gasteiger partial charge in [0, 0.05) is 12.6 Å². The molecule has 3 aromatic rings. The zero-order chi connectivity index (χ0) is 24.9. The molecule has 1 saturated carbocycles. The van der Waals surface area contributed by atoms with Crippen LogP contribution in [0.25, 0.3) is 16.7 Å². The number of imide groups is 1. The number of nitrogens with one attached hydrogen (secondary N) is 2. The van der Waals surface area contributed by atoms with Crippen LogP contribution in [0.4, 0.5) is 4.79 Å². The molecule has 3 unspecified atom stereocenters. The molecule has 9 nitrogen and oxygen atoms in total. The summed E-state index contributed by atoms with van der Waals surface area (Å²) in [6, 6.07) is 6.97. The third kappa shape index (κ3) is 5.52. The van der Waals surface area contributed by atoms with Crippen LogP contribution in [-0.4, -0.2) is 42.9 Å². The molecular weight excluding hydrogens is 464 g/mol. The molecule has 2 heterocycles. The summed E-state index contributed by atoms with van der Waals surface area (Å²) in [7, 11) is 0. The van der Waals surface area contributed by atoms with E-state index in [1.165, 1.54) is 18.2 Å². The quantitative estimate of drug-likeness (QED) is 0.359. The fraction of sp³-hybridized carbons (Fsp3) is 0.560. The highest BCUT2D eigenvalue weighted by Crippen LogP contribution is 2.29. The van der Waals surface area contributed by atoms with E-state index in [4.69, 9.17) is 0 Å². The number of nitrogens with zero attached hydrogens (tertiary/aromatic N) is 4. The minimum atomic E-state index is -0.456.